The van der Waals surface area contributed by atoms with Gasteiger partial charge in [-0.25, -0.2) is 0 Å². The third-order valence-electron chi connectivity index (χ3n) is 3.04. The highest BCUT2D eigenvalue weighted by molar-refractivity contribution is 7.84. The van der Waals surface area contributed by atoms with Gasteiger partial charge in [0.15, 0.2) is 0 Å². The Morgan fingerprint density at radius 1 is 1.14 bits per heavy atom. The molecule has 0 bridgehead atoms. The van der Waals surface area contributed by atoms with Gasteiger partial charge in [-0.1, -0.05) is 6.92 Å². The second-order valence-electron chi connectivity index (χ2n) is 4.71. The molecule has 1 heterocycles. The number of nitrogens with one attached hydrogen (secondary N) is 1. The van der Waals surface area contributed by atoms with E-state index in [1.54, 1.807) is 7.11 Å². The van der Waals surface area contributed by atoms with E-state index in [2.05, 4.69) is 12.2 Å². The Kier molecular flexibility index (Phi) is 6.02. The van der Waals surface area contributed by atoms with E-state index in [4.69, 9.17) is 9.15 Å². The maximum absolute atomic E-state index is 12.3. The van der Waals surface area contributed by atoms with Gasteiger partial charge >= 0.3 is 0 Å². The Morgan fingerprint density at radius 3 is 2.52 bits per heavy atom. The van der Waals surface area contributed by atoms with Crippen molar-refractivity contribution in [1.29, 1.82) is 0 Å². The number of ether oxygens (including phenoxy) is 1. The first kappa shape index (κ1) is 15.8. The van der Waals surface area contributed by atoms with Crippen LogP contribution in [0, 0.1) is 0 Å². The summed E-state index contributed by atoms with van der Waals surface area (Å²) in [6.45, 7) is 3.80. The van der Waals surface area contributed by atoms with Crippen LogP contribution in [0.5, 0.6) is 5.75 Å². The van der Waals surface area contributed by atoms with Crippen LogP contribution >= 0.6 is 0 Å². The maximum Gasteiger partial charge on any atom is 0.118 e. The molecule has 5 heteroatoms. The van der Waals surface area contributed by atoms with E-state index < -0.39 is 10.8 Å². The average molecular weight is 307 g/mol. The van der Waals surface area contributed by atoms with Crippen LogP contribution in [0.1, 0.15) is 24.9 Å². The highest BCUT2D eigenvalue weighted by Gasteiger charge is 2.09. The first-order valence-corrected chi connectivity index (χ1v) is 8.35. The lowest BCUT2D eigenvalue weighted by molar-refractivity contribution is 0.414. The molecule has 0 aliphatic carbocycles. The lowest BCUT2D eigenvalue weighted by Crippen LogP contribution is -2.13. The Hall–Kier alpha value is -1.59. The predicted octanol–water partition coefficient (Wildman–Crippen LogP) is 3.10. The summed E-state index contributed by atoms with van der Waals surface area (Å²) >= 11 is 0. The van der Waals surface area contributed by atoms with Crippen molar-refractivity contribution in [3.63, 3.8) is 0 Å². The van der Waals surface area contributed by atoms with Crippen LogP contribution < -0.4 is 10.1 Å². The largest absolute Gasteiger partial charge is 0.497 e. The molecule has 0 radical (unpaired) electrons. The van der Waals surface area contributed by atoms with Crippen molar-refractivity contribution in [2.24, 2.45) is 0 Å². The van der Waals surface area contributed by atoms with Crippen molar-refractivity contribution >= 4 is 10.8 Å². The van der Waals surface area contributed by atoms with Gasteiger partial charge in [0.1, 0.15) is 17.3 Å². The molecule has 0 aliphatic rings. The number of rotatable bonds is 8. The molecule has 1 aromatic carbocycles. The molecule has 2 rings (SSSR count). The molecule has 1 N–H and O–H groups in total. The molecular formula is C16H21NO3S. The lowest BCUT2D eigenvalue weighted by Gasteiger charge is -2.03. The molecule has 114 valence electrons. The van der Waals surface area contributed by atoms with Crippen LogP contribution in [-0.4, -0.2) is 17.9 Å². The second kappa shape index (κ2) is 8.00. The molecule has 0 saturated heterocycles. The molecule has 0 fully saturated rings. The zero-order valence-corrected chi connectivity index (χ0v) is 13.2. The van der Waals surface area contributed by atoms with Gasteiger partial charge in [0.05, 0.1) is 30.2 Å². The van der Waals surface area contributed by atoms with Gasteiger partial charge in [0.2, 0.25) is 0 Å². The number of benzene rings is 1. The van der Waals surface area contributed by atoms with Crippen molar-refractivity contribution in [1.82, 2.24) is 5.32 Å². The fraction of sp³-hybridized carbons (Fsp3) is 0.375. The van der Waals surface area contributed by atoms with Gasteiger partial charge in [0, 0.05) is 4.90 Å². The van der Waals surface area contributed by atoms with E-state index in [9.17, 15) is 4.21 Å². The SMILES string of the molecule is CCCNCc1ccc(CS(=O)c2ccc(OC)cc2)o1. The highest BCUT2D eigenvalue weighted by atomic mass is 32.2. The third-order valence-corrected chi connectivity index (χ3v) is 4.38. The van der Waals surface area contributed by atoms with Crippen molar-refractivity contribution in [3.8, 4) is 5.75 Å². The normalized spacial score (nSPS) is 12.3. The van der Waals surface area contributed by atoms with Crippen LogP contribution in [0.4, 0.5) is 0 Å². The summed E-state index contributed by atoms with van der Waals surface area (Å²) in [6.07, 6.45) is 1.09. The smallest absolute Gasteiger partial charge is 0.118 e. The molecule has 0 amide bonds. The summed E-state index contributed by atoms with van der Waals surface area (Å²) in [7, 11) is 0.506. The first-order valence-electron chi connectivity index (χ1n) is 7.03. The van der Waals surface area contributed by atoms with Gasteiger partial charge in [-0.2, -0.15) is 0 Å². The fourth-order valence-corrected chi connectivity index (χ4v) is 2.94. The minimum Gasteiger partial charge on any atom is -0.497 e. The monoisotopic (exact) mass is 307 g/mol. The van der Waals surface area contributed by atoms with Crippen LogP contribution in [0.2, 0.25) is 0 Å². The third kappa shape index (κ3) is 4.72. The molecule has 0 aliphatic heterocycles. The molecule has 21 heavy (non-hydrogen) atoms. The molecule has 1 aromatic heterocycles. The minimum absolute atomic E-state index is 0.389. The summed E-state index contributed by atoms with van der Waals surface area (Å²) in [5, 5.41) is 3.28. The summed E-state index contributed by atoms with van der Waals surface area (Å²) < 4.78 is 23.1. The van der Waals surface area contributed by atoms with Gasteiger partial charge in [0.25, 0.3) is 0 Å². The molecular weight excluding hydrogens is 286 g/mol. The van der Waals surface area contributed by atoms with Crippen LogP contribution in [0.25, 0.3) is 0 Å². The topological polar surface area (TPSA) is 51.5 Å². The molecule has 1 unspecified atom stereocenters. The van der Waals surface area contributed by atoms with E-state index in [-0.39, 0.29) is 0 Å². The van der Waals surface area contributed by atoms with Crippen molar-refractivity contribution in [2.75, 3.05) is 13.7 Å². The summed E-state index contributed by atoms with van der Waals surface area (Å²) in [5.41, 5.74) is 0. The Bertz CT molecular complexity index is 577. The quantitative estimate of drug-likeness (QED) is 0.761. The van der Waals surface area contributed by atoms with E-state index in [1.165, 1.54) is 0 Å². The van der Waals surface area contributed by atoms with Crippen molar-refractivity contribution in [3.05, 3.63) is 47.9 Å². The zero-order chi connectivity index (χ0) is 15.1. The number of furan rings is 1. The standard InChI is InChI=1S/C16H21NO3S/c1-3-10-17-11-14-4-5-15(20-14)12-21(18)16-8-6-13(19-2)7-9-16/h4-9,17H,3,10-12H2,1-2H3. The van der Waals surface area contributed by atoms with Crippen LogP contribution in [0.15, 0.2) is 45.7 Å². The van der Waals surface area contributed by atoms with E-state index in [1.807, 2.05) is 36.4 Å². The maximum atomic E-state index is 12.3. The van der Waals surface area contributed by atoms with Crippen LogP contribution in [-0.2, 0) is 23.1 Å². The highest BCUT2D eigenvalue weighted by Crippen LogP contribution is 2.18. The Morgan fingerprint density at radius 2 is 1.86 bits per heavy atom. The minimum atomic E-state index is -1.11. The summed E-state index contributed by atoms with van der Waals surface area (Å²) in [6, 6.07) is 11.1. The number of hydrogen-bond donors (Lipinski definition) is 1. The van der Waals surface area contributed by atoms with Gasteiger partial charge < -0.3 is 14.5 Å². The van der Waals surface area contributed by atoms with Crippen molar-refractivity contribution in [2.45, 2.75) is 30.5 Å². The van der Waals surface area contributed by atoms with Crippen molar-refractivity contribution < 1.29 is 13.4 Å². The van der Waals surface area contributed by atoms with Gasteiger partial charge in [-0.3, -0.25) is 4.21 Å². The molecule has 4 nitrogen and oxygen atoms in total. The number of methoxy groups -OCH3 is 1. The van der Waals surface area contributed by atoms with Crippen LogP contribution in [0.3, 0.4) is 0 Å². The number of hydrogen-bond acceptors (Lipinski definition) is 4. The van der Waals surface area contributed by atoms with Gasteiger partial charge in [-0.05, 0) is 49.4 Å². The second-order valence-corrected chi connectivity index (χ2v) is 6.16. The van der Waals surface area contributed by atoms with E-state index >= 15 is 0 Å². The molecule has 2 aromatic rings. The molecule has 0 saturated carbocycles. The fourth-order valence-electron chi connectivity index (χ4n) is 1.92. The van der Waals surface area contributed by atoms with Gasteiger partial charge in [-0.15, -0.1) is 0 Å². The molecule has 1 atom stereocenters. The average Bonchev–Trinajstić information content (AvgIpc) is 2.95. The first-order chi connectivity index (χ1) is 10.2. The lowest BCUT2D eigenvalue weighted by atomic mass is 10.3. The Labute approximate surface area is 128 Å². The van der Waals surface area contributed by atoms with E-state index in [0.717, 1.165) is 35.1 Å². The summed E-state index contributed by atoms with van der Waals surface area (Å²) in [5.74, 6) is 2.78. The predicted molar refractivity (Wildman–Crippen MR) is 83.8 cm³/mol. The van der Waals surface area contributed by atoms with E-state index in [0.29, 0.717) is 12.3 Å². The zero-order valence-electron chi connectivity index (χ0n) is 12.4. The Balaban J connectivity index is 1.92. The molecule has 0 spiro atoms. The summed E-state index contributed by atoms with van der Waals surface area (Å²) in [4.78, 5) is 0.776.